The van der Waals surface area contributed by atoms with Gasteiger partial charge in [0.2, 0.25) is 0 Å². The highest BCUT2D eigenvalue weighted by Crippen LogP contribution is 2.07. The Morgan fingerprint density at radius 3 is 2.00 bits per heavy atom. The summed E-state index contributed by atoms with van der Waals surface area (Å²) >= 11 is 0. The average molecular weight is 203 g/mol. The number of hydrogen-bond acceptors (Lipinski definition) is 3. The predicted octanol–water partition coefficient (Wildman–Crippen LogP) is 2.29. The molecule has 0 saturated heterocycles. The van der Waals surface area contributed by atoms with Crippen molar-refractivity contribution < 1.29 is 9.47 Å². The van der Waals surface area contributed by atoms with Gasteiger partial charge >= 0.3 is 0 Å². The van der Waals surface area contributed by atoms with E-state index in [1.54, 1.807) is 0 Å². The standard InChI is InChI=1S/C11H25NO2/c1-3-9-13-11(14-10-4-2)7-5-6-8-12/h11H,3-10,12H2,1-2H3. The maximum Gasteiger partial charge on any atom is 0.157 e. The molecule has 0 aromatic rings. The first-order valence-electron chi connectivity index (χ1n) is 5.78. The Morgan fingerprint density at radius 1 is 1.00 bits per heavy atom. The van der Waals surface area contributed by atoms with E-state index in [1.165, 1.54) is 0 Å². The lowest BCUT2D eigenvalue weighted by Crippen LogP contribution is -2.18. The summed E-state index contributed by atoms with van der Waals surface area (Å²) in [6.45, 7) is 6.55. The molecule has 14 heavy (non-hydrogen) atoms. The average Bonchev–Trinajstić information content (AvgIpc) is 2.21. The summed E-state index contributed by atoms with van der Waals surface area (Å²) in [4.78, 5) is 0. The van der Waals surface area contributed by atoms with Crippen molar-refractivity contribution in [2.75, 3.05) is 19.8 Å². The molecule has 0 aliphatic heterocycles. The first-order valence-corrected chi connectivity index (χ1v) is 5.78. The maximum absolute atomic E-state index is 5.58. The van der Waals surface area contributed by atoms with Gasteiger partial charge in [-0.25, -0.2) is 0 Å². The Balaban J connectivity index is 3.49. The minimum absolute atomic E-state index is 0.0125. The monoisotopic (exact) mass is 203 g/mol. The summed E-state index contributed by atoms with van der Waals surface area (Å²) in [6, 6.07) is 0. The normalized spacial score (nSPS) is 11.1. The van der Waals surface area contributed by atoms with Gasteiger partial charge in [0.1, 0.15) is 0 Å². The molecule has 2 N–H and O–H groups in total. The molecule has 0 aliphatic rings. The topological polar surface area (TPSA) is 44.5 Å². The van der Waals surface area contributed by atoms with E-state index in [2.05, 4.69) is 13.8 Å². The smallest absolute Gasteiger partial charge is 0.157 e. The fraction of sp³-hybridized carbons (Fsp3) is 1.00. The van der Waals surface area contributed by atoms with Crippen molar-refractivity contribution in [1.82, 2.24) is 0 Å². The Bertz CT molecular complexity index is 101. The van der Waals surface area contributed by atoms with Crippen molar-refractivity contribution in [3.8, 4) is 0 Å². The number of ether oxygens (including phenoxy) is 2. The summed E-state index contributed by atoms with van der Waals surface area (Å²) < 4.78 is 11.2. The highest BCUT2D eigenvalue weighted by molar-refractivity contribution is 4.48. The molecular formula is C11H25NO2. The van der Waals surface area contributed by atoms with Crippen molar-refractivity contribution >= 4 is 0 Å². The third kappa shape index (κ3) is 8.48. The molecule has 3 nitrogen and oxygen atoms in total. The van der Waals surface area contributed by atoms with Crippen LogP contribution in [0.25, 0.3) is 0 Å². The Labute approximate surface area is 88.0 Å². The van der Waals surface area contributed by atoms with Crippen LogP contribution < -0.4 is 5.73 Å². The van der Waals surface area contributed by atoms with Gasteiger partial charge in [-0.1, -0.05) is 13.8 Å². The van der Waals surface area contributed by atoms with E-state index in [1.807, 2.05) is 0 Å². The van der Waals surface area contributed by atoms with Crippen molar-refractivity contribution in [3.63, 3.8) is 0 Å². The number of nitrogens with two attached hydrogens (primary N) is 1. The highest BCUT2D eigenvalue weighted by atomic mass is 16.7. The Hall–Kier alpha value is -0.120. The summed E-state index contributed by atoms with van der Waals surface area (Å²) in [5.74, 6) is 0. The van der Waals surface area contributed by atoms with Crippen LogP contribution in [0.3, 0.4) is 0 Å². The molecule has 0 fully saturated rings. The quantitative estimate of drug-likeness (QED) is 0.437. The fourth-order valence-corrected chi connectivity index (χ4v) is 1.17. The molecule has 0 heterocycles. The number of unbranched alkanes of at least 4 members (excludes halogenated alkanes) is 1. The van der Waals surface area contributed by atoms with Crippen LogP contribution in [0.4, 0.5) is 0 Å². The first kappa shape index (κ1) is 13.9. The summed E-state index contributed by atoms with van der Waals surface area (Å²) in [6.07, 6.45) is 5.19. The number of rotatable bonds is 10. The third-order valence-electron chi connectivity index (χ3n) is 1.91. The fourth-order valence-electron chi connectivity index (χ4n) is 1.17. The van der Waals surface area contributed by atoms with Gasteiger partial charge in [-0.2, -0.15) is 0 Å². The van der Waals surface area contributed by atoms with Gasteiger partial charge in [0.05, 0.1) is 0 Å². The van der Waals surface area contributed by atoms with Gasteiger partial charge in [0.15, 0.2) is 6.29 Å². The molecule has 0 aromatic carbocycles. The van der Waals surface area contributed by atoms with Gasteiger partial charge in [0, 0.05) is 13.2 Å². The summed E-state index contributed by atoms with van der Waals surface area (Å²) in [5, 5.41) is 0. The minimum Gasteiger partial charge on any atom is -0.353 e. The lowest BCUT2D eigenvalue weighted by molar-refractivity contribution is -0.146. The number of hydrogen-bond donors (Lipinski definition) is 1. The molecule has 86 valence electrons. The molecule has 0 saturated carbocycles. The van der Waals surface area contributed by atoms with Gasteiger partial charge < -0.3 is 15.2 Å². The summed E-state index contributed by atoms with van der Waals surface area (Å²) in [5.41, 5.74) is 5.43. The molecule has 0 amide bonds. The highest BCUT2D eigenvalue weighted by Gasteiger charge is 2.07. The zero-order valence-corrected chi connectivity index (χ0v) is 9.63. The van der Waals surface area contributed by atoms with Crippen LogP contribution >= 0.6 is 0 Å². The third-order valence-corrected chi connectivity index (χ3v) is 1.91. The zero-order chi connectivity index (χ0) is 10.6. The second-order valence-corrected chi connectivity index (χ2v) is 3.46. The SMILES string of the molecule is CCCOC(CCCCN)OCCC. The van der Waals surface area contributed by atoms with Crippen LogP contribution in [0.2, 0.25) is 0 Å². The van der Waals surface area contributed by atoms with Gasteiger partial charge in [-0.3, -0.25) is 0 Å². The van der Waals surface area contributed by atoms with Crippen LogP contribution in [0.15, 0.2) is 0 Å². The molecule has 0 unspecified atom stereocenters. The largest absolute Gasteiger partial charge is 0.353 e. The molecule has 0 aromatic heterocycles. The van der Waals surface area contributed by atoms with E-state index < -0.39 is 0 Å². The van der Waals surface area contributed by atoms with Crippen molar-refractivity contribution in [3.05, 3.63) is 0 Å². The maximum atomic E-state index is 5.58. The van der Waals surface area contributed by atoms with Crippen LogP contribution in [0, 0.1) is 0 Å². The van der Waals surface area contributed by atoms with E-state index in [0.717, 1.165) is 51.9 Å². The zero-order valence-electron chi connectivity index (χ0n) is 9.63. The second-order valence-electron chi connectivity index (χ2n) is 3.46. The van der Waals surface area contributed by atoms with E-state index >= 15 is 0 Å². The van der Waals surface area contributed by atoms with E-state index in [9.17, 15) is 0 Å². The Kier molecular flexibility index (Phi) is 10.9. The van der Waals surface area contributed by atoms with E-state index in [0.29, 0.717) is 0 Å². The van der Waals surface area contributed by atoms with E-state index in [-0.39, 0.29) is 6.29 Å². The second kappa shape index (κ2) is 11.0. The molecule has 0 spiro atoms. The molecular weight excluding hydrogens is 178 g/mol. The van der Waals surface area contributed by atoms with Crippen molar-refractivity contribution in [2.45, 2.75) is 52.2 Å². The lowest BCUT2D eigenvalue weighted by Gasteiger charge is -2.17. The molecule has 0 radical (unpaired) electrons. The predicted molar refractivity (Wildman–Crippen MR) is 59.2 cm³/mol. The lowest BCUT2D eigenvalue weighted by atomic mass is 10.2. The van der Waals surface area contributed by atoms with Crippen LogP contribution in [0.5, 0.6) is 0 Å². The van der Waals surface area contributed by atoms with Crippen LogP contribution in [0.1, 0.15) is 46.0 Å². The van der Waals surface area contributed by atoms with Gasteiger partial charge in [0.25, 0.3) is 0 Å². The van der Waals surface area contributed by atoms with Crippen LogP contribution in [-0.4, -0.2) is 26.0 Å². The van der Waals surface area contributed by atoms with Crippen molar-refractivity contribution in [1.29, 1.82) is 0 Å². The Morgan fingerprint density at radius 2 is 1.57 bits per heavy atom. The molecule has 0 atom stereocenters. The molecule has 3 heteroatoms. The van der Waals surface area contributed by atoms with E-state index in [4.69, 9.17) is 15.2 Å². The molecule has 0 aliphatic carbocycles. The van der Waals surface area contributed by atoms with Crippen LogP contribution in [-0.2, 0) is 9.47 Å². The minimum atomic E-state index is -0.0125. The van der Waals surface area contributed by atoms with Gasteiger partial charge in [-0.15, -0.1) is 0 Å². The summed E-state index contributed by atoms with van der Waals surface area (Å²) in [7, 11) is 0. The first-order chi connectivity index (χ1) is 6.85. The van der Waals surface area contributed by atoms with Gasteiger partial charge in [-0.05, 0) is 38.6 Å². The molecule has 0 rings (SSSR count). The van der Waals surface area contributed by atoms with Crippen molar-refractivity contribution in [2.24, 2.45) is 5.73 Å². The molecule has 0 bridgehead atoms.